The van der Waals surface area contributed by atoms with Crippen molar-refractivity contribution < 1.29 is 22.7 Å². The Morgan fingerprint density at radius 2 is 1.71 bits per heavy atom. The molecule has 4 rings (SSSR count). The fourth-order valence-electron chi connectivity index (χ4n) is 4.01. The van der Waals surface area contributed by atoms with Gasteiger partial charge in [0.25, 0.3) is 0 Å². The third kappa shape index (κ3) is 4.77. The Morgan fingerprint density at radius 3 is 2.34 bits per heavy atom. The quantitative estimate of drug-likeness (QED) is 0.328. The minimum absolute atomic E-state index is 0.0142. The molecule has 0 radical (unpaired) electrons. The number of ether oxygens (including phenoxy) is 1. The van der Waals surface area contributed by atoms with E-state index in [0.29, 0.717) is 34.8 Å². The van der Waals surface area contributed by atoms with E-state index < -0.39 is 17.8 Å². The predicted molar refractivity (Wildman–Crippen MR) is 128 cm³/mol. The molecule has 0 saturated carbocycles. The zero-order chi connectivity index (χ0) is 25.2. The summed E-state index contributed by atoms with van der Waals surface area (Å²) in [5, 5.41) is 15.8. The van der Waals surface area contributed by atoms with E-state index in [1.165, 1.54) is 12.1 Å². The summed E-state index contributed by atoms with van der Waals surface area (Å²) in [6, 6.07) is 18.5. The number of hydrogen-bond donors (Lipinski definition) is 2. The van der Waals surface area contributed by atoms with Crippen LogP contribution in [0.1, 0.15) is 18.1 Å². The summed E-state index contributed by atoms with van der Waals surface area (Å²) in [5.41, 5.74) is 2.33. The normalized spacial score (nSPS) is 11.2. The molecule has 178 valence electrons. The lowest BCUT2D eigenvalue weighted by Crippen LogP contribution is -2.19. The van der Waals surface area contributed by atoms with Crippen LogP contribution in [0.5, 0.6) is 5.75 Å². The van der Waals surface area contributed by atoms with Crippen molar-refractivity contribution in [3.05, 3.63) is 77.9 Å². The molecule has 0 aliphatic rings. The first-order valence-electron chi connectivity index (χ1n) is 10.7. The average Bonchev–Trinajstić information content (AvgIpc) is 3.16. The number of aromatic nitrogens is 1. The SMILES string of the molecule is CCn1c(-c2cccc(NC(=O)Nc3cccc(C(F)(F)F)c3)c2)c(C#N)c2cc(OC)ccc21. The number of anilines is 2. The molecule has 0 fully saturated rings. The van der Waals surface area contributed by atoms with Gasteiger partial charge in [-0.2, -0.15) is 18.4 Å². The highest BCUT2D eigenvalue weighted by Gasteiger charge is 2.30. The summed E-state index contributed by atoms with van der Waals surface area (Å²) in [4.78, 5) is 12.5. The molecule has 6 nitrogen and oxygen atoms in total. The lowest BCUT2D eigenvalue weighted by Gasteiger charge is -2.12. The molecular formula is C26H21F3N4O2. The Labute approximate surface area is 199 Å². The van der Waals surface area contributed by atoms with Crippen molar-refractivity contribution in [1.82, 2.24) is 4.57 Å². The van der Waals surface area contributed by atoms with E-state index in [0.717, 1.165) is 23.0 Å². The Kier molecular flexibility index (Phi) is 6.38. The highest BCUT2D eigenvalue weighted by molar-refractivity contribution is 6.01. The molecule has 0 bridgehead atoms. The molecule has 35 heavy (non-hydrogen) atoms. The number of amides is 2. The van der Waals surface area contributed by atoms with Crippen LogP contribution in [0, 0.1) is 11.3 Å². The van der Waals surface area contributed by atoms with E-state index in [1.54, 1.807) is 25.3 Å². The number of methoxy groups -OCH3 is 1. The number of carbonyl (C=O) groups excluding carboxylic acids is 1. The molecule has 0 unspecified atom stereocenters. The number of fused-ring (bicyclic) bond motifs is 1. The molecule has 2 amide bonds. The number of benzene rings is 3. The summed E-state index contributed by atoms with van der Waals surface area (Å²) < 4.78 is 46.1. The topological polar surface area (TPSA) is 79.1 Å². The Morgan fingerprint density at radius 1 is 1.03 bits per heavy atom. The summed E-state index contributed by atoms with van der Waals surface area (Å²) in [6.45, 7) is 2.58. The van der Waals surface area contributed by atoms with Crippen molar-refractivity contribution in [2.24, 2.45) is 0 Å². The zero-order valence-corrected chi connectivity index (χ0v) is 18.9. The molecule has 1 heterocycles. The molecule has 0 spiro atoms. The van der Waals surface area contributed by atoms with Crippen LogP contribution in [0.2, 0.25) is 0 Å². The maximum Gasteiger partial charge on any atom is 0.416 e. The maximum atomic E-state index is 12.9. The van der Waals surface area contributed by atoms with Gasteiger partial charge in [-0.05, 0) is 55.5 Å². The van der Waals surface area contributed by atoms with Crippen molar-refractivity contribution in [3.63, 3.8) is 0 Å². The number of urea groups is 1. The Hall–Kier alpha value is -4.45. The van der Waals surface area contributed by atoms with Crippen LogP contribution in [0.15, 0.2) is 66.7 Å². The third-order valence-corrected chi connectivity index (χ3v) is 5.54. The van der Waals surface area contributed by atoms with Crippen molar-refractivity contribution >= 4 is 28.3 Å². The first-order chi connectivity index (χ1) is 16.7. The van der Waals surface area contributed by atoms with Crippen LogP contribution in [0.25, 0.3) is 22.2 Å². The second kappa shape index (κ2) is 9.43. The van der Waals surface area contributed by atoms with Gasteiger partial charge in [0, 0.05) is 28.9 Å². The number of aryl methyl sites for hydroxylation is 1. The number of carbonyl (C=O) groups is 1. The van der Waals surface area contributed by atoms with E-state index >= 15 is 0 Å². The lowest BCUT2D eigenvalue weighted by atomic mass is 10.1. The second-order valence-corrected chi connectivity index (χ2v) is 7.70. The zero-order valence-electron chi connectivity index (χ0n) is 18.9. The van der Waals surface area contributed by atoms with E-state index in [1.807, 2.05) is 35.8 Å². The van der Waals surface area contributed by atoms with Crippen LogP contribution in [-0.4, -0.2) is 17.7 Å². The van der Waals surface area contributed by atoms with E-state index in [2.05, 4.69) is 16.7 Å². The highest BCUT2D eigenvalue weighted by Crippen LogP contribution is 2.36. The standard InChI is InChI=1S/C26H21F3N4O2/c1-3-33-23-11-10-20(35-2)14-21(23)22(15-30)24(33)16-6-4-8-18(12-16)31-25(34)32-19-9-5-7-17(13-19)26(27,28)29/h4-14H,3H2,1-2H3,(H2,31,32,34). The van der Waals surface area contributed by atoms with E-state index in [4.69, 9.17) is 4.74 Å². The number of hydrogen-bond acceptors (Lipinski definition) is 3. The lowest BCUT2D eigenvalue weighted by molar-refractivity contribution is -0.137. The van der Waals surface area contributed by atoms with Crippen LogP contribution >= 0.6 is 0 Å². The largest absolute Gasteiger partial charge is 0.497 e. The average molecular weight is 478 g/mol. The Bertz CT molecular complexity index is 1450. The minimum Gasteiger partial charge on any atom is -0.497 e. The molecule has 3 aromatic carbocycles. The number of nitrogens with zero attached hydrogens (tertiary/aromatic N) is 2. The van der Waals surface area contributed by atoms with Gasteiger partial charge >= 0.3 is 12.2 Å². The predicted octanol–water partition coefficient (Wildman–Crippen LogP) is 6.87. The first-order valence-corrected chi connectivity index (χ1v) is 10.7. The number of nitrogens with one attached hydrogen (secondary N) is 2. The van der Waals surface area contributed by atoms with Crippen molar-refractivity contribution in [1.29, 1.82) is 5.26 Å². The number of alkyl halides is 3. The fourth-order valence-corrected chi connectivity index (χ4v) is 4.01. The molecule has 4 aromatic rings. The summed E-state index contributed by atoms with van der Waals surface area (Å²) >= 11 is 0. The summed E-state index contributed by atoms with van der Waals surface area (Å²) in [5.74, 6) is 0.635. The molecule has 0 saturated heterocycles. The molecule has 9 heteroatoms. The van der Waals surface area contributed by atoms with Crippen LogP contribution in [0.4, 0.5) is 29.3 Å². The van der Waals surface area contributed by atoms with Gasteiger partial charge in [0.15, 0.2) is 0 Å². The summed E-state index contributed by atoms with van der Waals surface area (Å²) in [6.07, 6.45) is -4.51. The number of nitriles is 1. The van der Waals surface area contributed by atoms with Gasteiger partial charge < -0.3 is 19.9 Å². The van der Waals surface area contributed by atoms with Crippen LogP contribution in [-0.2, 0) is 12.7 Å². The molecule has 2 N–H and O–H groups in total. The van der Waals surface area contributed by atoms with E-state index in [9.17, 15) is 23.2 Å². The molecule has 0 atom stereocenters. The van der Waals surface area contributed by atoms with Crippen molar-refractivity contribution in [2.45, 2.75) is 19.6 Å². The van der Waals surface area contributed by atoms with Crippen molar-refractivity contribution in [3.8, 4) is 23.1 Å². The van der Waals surface area contributed by atoms with Crippen molar-refractivity contribution in [2.75, 3.05) is 17.7 Å². The highest BCUT2D eigenvalue weighted by atomic mass is 19.4. The van der Waals surface area contributed by atoms with Crippen LogP contribution < -0.4 is 15.4 Å². The van der Waals surface area contributed by atoms with Gasteiger partial charge in [-0.15, -0.1) is 0 Å². The van der Waals surface area contributed by atoms with E-state index in [-0.39, 0.29) is 5.69 Å². The van der Waals surface area contributed by atoms with Gasteiger partial charge in [0.05, 0.1) is 29.4 Å². The van der Waals surface area contributed by atoms with Crippen LogP contribution in [0.3, 0.4) is 0 Å². The smallest absolute Gasteiger partial charge is 0.416 e. The van der Waals surface area contributed by atoms with Gasteiger partial charge in [-0.1, -0.05) is 18.2 Å². The molecule has 1 aromatic heterocycles. The molecule has 0 aliphatic carbocycles. The minimum atomic E-state index is -4.51. The monoisotopic (exact) mass is 478 g/mol. The van der Waals surface area contributed by atoms with Gasteiger partial charge in [0.2, 0.25) is 0 Å². The van der Waals surface area contributed by atoms with Gasteiger partial charge in [-0.3, -0.25) is 0 Å². The third-order valence-electron chi connectivity index (χ3n) is 5.54. The number of halogens is 3. The fraction of sp³-hybridized carbons (Fsp3) is 0.154. The summed E-state index contributed by atoms with van der Waals surface area (Å²) in [7, 11) is 1.56. The molecular weight excluding hydrogens is 457 g/mol. The Balaban J connectivity index is 1.65. The second-order valence-electron chi connectivity index (χ2n) is 7.70. The number of rotatable bonds is 5. The first kappa shape index (κ1) is 23.7. The molecule has 0 aliphatic heterocycles. The maximum absolute atomic E-state index is 12.9. The van der Waals surface area contributed by atoms with Gasteiger partial charge in [0.1, 0.15) is 11.8 Å². The van der Waals surface area contributed by atoms with Gasteiger partial charge in [-0.25, -0.2) is 4.79 Å².